The maximum Gasteiger partial charge on any atom is 0.431 e. The molecule has 1 saturated heterocycles. The molecule has 3 atom stereocenters. The molecular formula is C21H22F3N5O2. The highest BCUT2D eigenvalue weighted by molar-refractivity contribution is 5.88. The van der Waals surface area contributed by atoms with Gasteiger partial charge in [0, 0.05) is 25.8 Å². The van der Waals surface area contributed by atoms with Crippen molar-refractivity contribution < 1.29 is 22.6 Å². The van der Waals surface area contributed by atoms with Crippen molar-refractivity contribution >= 4 is 16.9 Å². The molecule has 10 heteroatoms. The van der Waals surface area contributed by atoms with Gasteiger partial charge in [0.2, 0.25) is 0 Å². The molecule has 164 valence electrons. The van der Waals surface area contributed by atoms with Gasteiger partial charge in [-0.15, -0.1) is 0 Å². The van der Waals surface area contributed by atoms with E-state index in [1.165, 1.54) is 6.33 Å². The number of likely N-dealkylation sites (tertiary alicyclic amines) is 1. The van der Waals surface area contributed by atoms with E-state index >= 15 is 0 Å². The van der Waals surface area contributed by atoms with Crippen LogP contribution in [-0.4, -0.2) is 58.8 Å². The molecule has 0 spiro atoms. The number of alkyl halides is 3. The van der Waals surface area contributed by atoms with Gasteiger partial charge in [0.05, 0.1) is 23.6 Å². The maximum absolute atomic E-state index is 13.2. The maximum atomic E-state index is 13.2. The molecule has 3 aromatic rings. The molecule has 1 aromatic carbocycles. The van der Waals surface area contributed by atoms with Gasteiger partial charge in [-0.3, -0.25) is 4.90 Å². The van der Waals surface area contributed by atoms with E-state index in [-0.39, 0.29) is 23.8 Å². The molecule has 0 radical (unpaired) electrons. The molecule has 0 aliphatic carbocycles. The number of rotatable bonds is 4. The van der Waals surface area contributed by atoms with Gasteiger partial charge in [-0.05, 0) is 18.6 Å². The summed E-state index contributed by atoms with van der Waals surface area (Å²) in [7, 11) is 1.71. The number of fused-ring (bicyclic) bond motifs is 2. The van der Waals surface area contributed by atoms with Gasteiger partial charge in [0.25, 0.3) is 0 Å². The molecule has 4 heterocycles. The highest BCUT2D eigenvalue weighted by Crippen LogP contribution is 2.39. The monoisotopic (exact) mass is 433 g/mol. The summed E-state index contributed by atoms with van der Waals surface area (Å²) in [6, 6.07) is 8.50. The summed E-state index contributed by atoms with van der Waals surface area (Å²) in [5.74, 6) is 1.11. The number of para-hydroxylation sites is 1. The second kappa shape index (κ2) is 7.69. The highest BCUT2D eigenvalue weighted by atomic mass is 19.4. The summed E-state index contributed by atoms with van der Waals surface area (Å²) in [6.45, 7) is 2.08. The van der Waals surface area contributed by atoms with E-state index in [0.29, 0.717) is 17.8 Å². The van der Waals surface area contributed by atoms with Crippen LogP contribution in [0.25, 0.3) is 11.0 Å². The molecule has 7 nitrogen and oxygen atoms in total. The second-order valence-corrected chi connectivity index (χ2v) is 7.84. The molecule has 2 aliphatic heterocycles. The minimum atomic E-state index is -4.49. The summed E-state index contributed by atoms with van der Waals surface area (Å²) >= 11 is 0. The van der Waals surface area contributed by atoms with Crippen LogP contribution in [0, 0.1) is 0 Å². The van der Waals surface area contributed by atoms with Crippen molar-refractivity contribution in [3.05, 3.63) is 47.9 Å². The van der Waals surface area contributed by atoms with E-state index in [1.807, 2.05) is 24.3 Å². The average molecular weight is 433 g/mol. The first-order valence-electron chi connectivity index (χ1n) is 10.1. The predicted molar refractivity (Wildman–Crippen MR) is 108 cm³/mol. The summed E-state index contributed by atoms with van der Waals surface area (Å²) < 4.78 is 51.2. The average Bonchev–Trinajstić information content (AvgIpc) is 3.41. The Morgan fingerprint density at radius 2 is 2.10 bits per heavy atom. The van der Waals surface area contributed by atoms with Crippen molar-refractivity contribution in [3.63, 3.8) is 0 Å². The fraction of sp³-hybridized carbons (Fsp3) is 0.429. The number of ether oxygens (including phenoxy) is 2. The van der Waals surface area contributed by atoms with Crippen molar-refractivity contribution in [2.45, 2.75) is 30.8 Å². The van der Waals surface area contributed by atoms with Gasteiger partial charge in [-0.25, -0.2) is 9.97 Å². The van der Waals surface area contributed by atoms with Crippen LogP contribution < -0.4 is 10.1 Å². The van der Waals surface area contributed by atoms with Gasteiger partial charge in [0.15, 0.2) is 0 Å². The molecular weight excluding hydrogens is 411 g/mol. The molecule has 5 rings (SSSR count). The third kappa shape index (κ3) is 3.70. The standard InChI is InChI=1S/C21H22F3N5O2/c1-30-12-6-7-29(9-12)15-10-31-16-5-3-2-4-13(16)18(15)28-20-14-8-17(21(22,23)24)27-19(14)25-11-26-20/h2-5,8,11-12,15,18H,6-7,9-10H2,1H3,(H2,25,26,27,28)/t12-,15+,18+/m1/s1. The van der Waals surface area contributed by atoms with E-state index in [4.69, 9.17) is 9.47 Å². The van der Waals surface area contributed by atoms with Crippen LogP contribution in [0.4, 0.5) is 19.0 Å². The molecule has 0 bridgehead atoms. The molecule has 0 unspecified atom stereocenters. The van der Waals surface area contributed by atoms with Gasteiger partial charge in [0.1, 0.15) is 35.8 Å². The molecule has 2 N–H and O–H groups in total. The fourth-order valence-corrected chi connectivity index (χ4v) is 4.44. The van der Waals surface area contributed by atoms with Crippen LogP contribution in [0.5, 0.6) is 5.75 Å². The number of nitrogens with zero attached hydrogens (tertiary/aromatic N) is 3. The Balaban J connectivity index is 1.52. The number of anilines is 1. The zero-order chi connectivity index (χ0) is 21.6. The number of aromatic amines is 1. The number of hydrogen-bond donors (Lipinski definition) is 2. The summed E-state index contributed by atoms with van der Waals surface area (Å²) in [6.07, 6.45) is -2.15. The number of nitrogens with one attached hydrogen (secondary N) is 2. The Bertz CT molecular complexity index is 1090. The Morgan fingerprint density at radius 3 is 2.87 bits per heavy atom. The quantitative estimate of drug-likeness (QED) is 0.655. The van der Waals surface area contributed by atoms with Crippen molar-refractivity contribution in [2.75, 3.05) is 32.1 Å². The molecule has 2 aliphatic rings. The SMILES string of the molecule is CO[C@@H]1CCN([C@H]2COc3ccccc3[C@@H]2Nc2ncnc3[nH]c(C(F)(F)F)cc23)C1. The van der Waals surface area contributed by atoms with Crippen molar-refractivity contribution in [1.29, 1.82) is 0 Å². The van der Waals surface area contributed by atoms with Crippen LogP contribution in [0.1, 0.15) is 23.7 Å². The zero-order valence-corrected chi connectivity index (χ0v) is 16.8. The van der Waals surface area contributed by atoms with Crippen LogP contribution in [0.2, 0.25) is 0 Å². The largest absolute Gasteiger partial charge is 0.491 e. The van der Waals surface area contributed by atoms with Gasteiger partial charge >= 0.3 is 6.18 Å². The minimum absolute atomic E-state index is 0.0268. The van der Waals surface area contributed by atoms with E-state index < -0.39 is 11.9 Å². The van der Waals surface area contributed by atoms with Crippen LogP contribution in [0.15, 0.2) is 36.7 Å². The van der Waals surface area contributed by atoms with Crippen molar-refractivity contribution in [1.82, 2.24) is 19.9 Å². The first-order valence-corrected chi connectivity index (χ1v) is 10.1. The molecule has 2 aromatic heterocycles. The predicted octanol–water partition coefficient (Wildman–Crippen LogP) is 3.61. The lowest BCUT2D eigenvalue weighted by molar-refractivity contribution is -0.140. The Morgan fingerprint density at radius 1 is 1.26 bits per heavy atom. The third-order valence-electron chi connectivity index (χ3n) is 6.05. The number of aromatic nitrogens is 3. The van der Waals surface area contributed by atoms with Crippen LogP contribution in [0.3, 0.4) is 0 Å². The van der Waals surface area contributed by atoms with Gasteiger partial charge in [-0.2, -0.15) is 13.2 Å². The number of hydrogen-bond acceptors (Lipinski definition) is 6. The summed E-state index contributed by atoms with van der Waals surface area (Å²) in [5, 5.41) is 3.70. The van der Waals surface area contributed by atoms with E-state index in [9.17, 15) is 13.2 Å². The highest BCUT2D eigenvalue weighted by Gasteiger charge is 2.39. The fourth-order valence-electron chi connectivity index (χ4n) is 4.44. The van der Waals surface area contributed by atoms with E-state index in [0.717, 1.165) is 36.9 Å². The number of benzene rings is 1. The van der Waals surface area contributed by atoms with Gasteiger partial charge in [-0.1, -0.05) is 18.2 Å². The van der Waals surface area contributed by atoms with Gasteiger partial charge < -0.3 is 19.8 Å². The first-order chi connectivity index (χ1) is 14.9. The Hall–Kier alpha value is -2.85. The molecule has 31 heavy (non-hydrogen) atoms. The normalized spacial score (nSPS) is 24.2. The van der Waals surface area contributed by atoms with Crippen LogP contribution >= 0.6 is 0 Å². The Kier molecular flexibility index (Phi) is 4.98. The number of methoxy groups -OCH3 is 1. The Labute approximate surface area is 176 Å². The second-order valence-electron chi connectivity index (χ2n) is 7.84. The van der Waals surface area contributed by atoms with E-state index in [2.05, 4.69) is 25.2 Å². The minimum Gasteiger partial charge on any atom is -0.491 e. The lowest BCUT2D eigenvalue weighted by Crippen LogP contribution is -2.47. The zero-order valence-electron chi connectivity index (χ0n) is 16.8. The lowest BCUT2D eigenvalue weighted by atomic mass is 9.95. The number of halogens is 3. The summed E-state index contributed by atoms with van der Waals surface area (Å²) in [5.41, 5.74) is 0.234. The molecule has 0 amide bonds. The number of H-pyrrole nitrogens is 1. The third-order valence-corrected chi connectivity index (χ3v) is 6.05. The lowest BCUT2D eigenvalue weighted by Gasteiger charge is -2.39. The summed E-state index contributed by atoms with van der Waals surface area (Å²) in [4.78, 5) is 12.9. The van der Waals surface area contributed by atoms with Crippen molar-refractivity contribution in [3.8, 4) is 5.75 Å². The molecule has 0 saturated carbocycles. The smallest absolute Gasteiger partial charge is 0.431 e. The van der Waals surface area contributed by atoms with Crippen molar-refractivity contribution in [2.24, 2.45) is 0 Å². The topological polar surface area (TPSA) is 75.3 Å². The van der Waals surface area contributed by atoms with E-state index in [1.54, 1.807) is 7.11 Å². The first kappa shape index (κ1) is 20.1. The molecule has 1 fully saturated rings. The van der Waals surface area contributed by atoms with Crippen LogP contribution in [-0.2, 0) is 10.9 Å².